The zero-order chi connectivity index (χ0) is 21.0. The molecule has 0 saturated carbocycles. The summed E-state index contributed by atoms with van der Waals surface area (Å²) < 4.78 is -1.85. The van der Waals surface area contributed by atoms with Gasteiger partial charge in [-0.2, -0.15) is 0 Å². The molecule has 0 aliphatic heterocycles. The van der Waals surface area contributed by atoms with Crippen LogP contribution in [0.3, 0.4) is 0 Å². The molecule has 1 atom stereocenters. The molecule has 2 aromatic carbocycles. The lowest BCUT2D eigenvalue weighted by Crippen LogP contribution is -2.56. The van der Waals surface area contributed by atoms with Gasteiger partial charge in [-0.3, -0.25) is 9.78 Å². The molecular weight excluding hydrogens is 451 g/mol. The average molecular weight is 468 g/mol. The lowest BCUT2D eigenvalue weighted by Gasteiger charge is -2.28. The number of fused-ring (bicyclic) bond motifs is 1. The summed E-state index contributed by atoms with van der Waals surface area (Å²) in [6.07, 6.45) is 0.624. The first-order valence-electron chi connectivity index (χ1n) is 8.60. The van der Waals surface area contributed by atoms with Crippen molar-refractivity contribution in [1.29, 1.82) is 0 Å². The summed E-state index contributed by atoms with van der Waals surface area (Å²) in [7, 11) is 0. The molecule has 0 saturated heterocycles. The van der Waals surface area contributed by atoms with E-state index in [0.29, 0.717) is 11.3 Å². The molecule has 3 N–H and O–H groups in total. The summed E-state index contributed by atoms with van der Waals surface area (Å²) in [5.74, 6) is -0.387. The van der Waals surface area contributed by atoms with Gasteiger partial charge in [0.1, 0.15) is 6.17 Å². The minimum absolute atomic E-state index is 0.171. The third-order valence-electron chi connectivity index (χ3n) is 4.15. The number of benzene rings is 2. The quantitative estimate of drug-likeness (QED) is 0.288. The molecule has 0 spiro atoms. The number of nitrogens with zero attached hydrogens (tertiary/aromatic N) is 1. The second-order valence-electron chi connectivity index (χ2n) is 6.24. The van der Waals surface area contributed by atoms with E-state index < -0.39 is 9.96 Å². The van der Waals surface area contributed by atoms with Gasteiger partial charge in [0.15, 0.2) is 5.11 Å². The Bertz CT molecular complexity index is 1050. The van der Waals surface area contributed by atoms with Crippen molar-refractivity contribution in [2.24, 2.45) is 0 Å². The number of nitrogens with one attached hydrogen (secondary N) is 3. The topological polar surface area (TPSA) is 66.1 Å². The van der Waals surface area contributed by atoms with Crippen LogP contribution in [0.5, 0.6) is 0 Å². The maximum absolute atomic E-state index is 12.6. The SMILES string of the molecule is Cc1ccccc1C(=O)N[C@@H](NC(=S)Nc1cccc2cccnc12)C(Cl)(Cl)Cl. The molecule has 0 unspecified atom stereocenters. The van der Waals surface area contributed by atoms with E-state index in [1.165, 1.54) is 0 Å². The van der Waals surface area contributed by atoms with Crippen molar-refractivity contribution >= 4 is 74.6 Å². The van der Waals surface area contributed by atoms with Crippen LogP contribution >= 0.6 is 47.0 Å². The molecule has 0 aliphatic rings. The van der Waals surface area contributed by atoms with E-state index in [0.717, 1.165) is 16.5 Å². The van der Waals surface area contributed by atoms with E-state index in [-0.39, 0.29) is 11.0 Å². The highest BCUT2D eigenvalue weighted by Crippen LogP contribution is 2.29. The van der Waals surface area contributed by atoms with E-state index in [1.54, 1.807) is 18.3 Å². The molecule has 29 heavy (non-hydrogen) atoms. The Morgan fingerprint density at radius 2 is 1.76 bits per heavy atom. The first-order valence-corrected chi connectivity index (χ1v) is 10.1. The van der Waals surface area contributed by atoms with Gasteiger partial charge in [0, 0.05) is 17.1 Å². The smallest absolute Gasteiger partial charge is 0.253 e. The lowest BCUT2D eigenvalue weighted by atomic mass is 10.1. The highest BCUT2D eigenvalue weighted by molar-refractivity contribution is 7.80. The number of hydrogen-bond acceptors (Lipinski definition) is 3. The number of anilines is 1. The van der Waals surface area contributed by atoms with E-state index in [9.17, 15) is 4.79 Å². The van der Waals surface area contributed by atoms with Crippen LogP contribution in [-0.4, -0.2) is 26.0 Å². The normalized spacial score (nSPS) is 12.3. The maximum atomic E-state index is 12.6. The third-order valence-corrected chi connectivity index (χ3v) is 5.02. The molecule has 0 aliphatic carbocycles. The molecule has 150 valence electrons. The Hall–Kier alpha value is -2.12. The minimum atomic E-state index is -1.85. The average Bonchev–Trinajstić information content (AvgIpc) is 2.67. The van der Waals surface area contributed by atoms with Crippen LogP contribution in [0.4, 0.5) is 5.69 Å². The highest BCUT2D eigenvalue weighted by Gasteiger charge is 2.35. The molecule has 0 fully saturated rings. The van der Waals surface area contributed by atoms with Gasteiger partial charge in [-0.25, -0.2) is 0 Å². The molecule has 0 radical (unpaired) electrons. The van der Waals surface area contributed by atoms with Crippen molar-refractivity contribution < 1.29 is 4.79 Å². The maximum Gasteiger partial charge on any atom is 0.253 e. The van der Waals surface area contributed by atoms with Crippen LogP contribution in [0.2, 0.25) is 0 Å². The number of aryl methyl sites for hydroxylation is 1. The molecule has 9 heteroatoms. The number of thiocarbonyl (C=S) groups is 1. The molecule has 1 amide bonds. The van der Waals surface area contributed by atoms with E-state index in [1.807, 2.05) is 49.4 Å². The molecule has 1 heterocycles. The van der Waals surface area contributed by atoms with Gasteiger partial charge in [0.25, 0.3) is 5.91 Å². The summed E-state index contributed by atoms with van der Waals surface area (Å²) in [5, 5.41) is 9.70. The largest absolute Gasteiger partial charge is 0.339 e. The minimum Gasteiger partial charge on any atom is -0.339 e. The fourth-order valence-corrected chi connectivity index (χ4v) is 3.29. The number of rotatable bonds is 4. The number of carbonyl (C=O) groups excluding carboxylic acids is 1. The monoisotopic (exact) mass is 466 g/mol. The Kier molecular flexibility index (Phi) is 6.80. The van der Waals surface area contributed by atoms with Crippen LogP contribution < -0.4 is 16.0 Å². The molecule has 5 nitrogen and oxygen atoms in total. The van der Waals surface area contributed by atoms with Crippen molar-refractivity contribution in [3.05, 3.63) is 71.9 Å². The zero-order valence-electron chi connectivity index (χ0n) is 15.2. The van der Waals surface area contributed by atoms with Gasteiger partial charge in [-0.15, -0.1) is 0 Å². The predicted octanol–water partition coefficient (Wildman–Crippen LogP) is 4.96. The van der Waals surface area contributed by atoms with E-state index in [4.69, 9.17) is 47.0 Å². The second-order valence-corrected chi connectivity index (χ2v) is 9.02. The fraction of sp³-hybridized carbons (Fsp3) is 0.150. The summed E-state index contributed by atoms with van der Waals surface area (Å²) in [4.78, 5) is 17.0. The molecular formula is C20H17Cl3N4OS. The Labute approximate surface area is 188 Å². The van der Waals surface area contributed by atoms with Crippen molar-refractivity contribution in [1.82, 2.24) is 15.6 Å². The summed E-state index contributed by atoms with van der Waals surface area (Å²) in [5.41, 5.74) is 2.71. The number of carbonyl (C=O) groups is 1. The lowest BCUT2D eigenvalue weighted by molar-refractivity contribution is 0.0934. The van der Waals surface area contributed by atoms with Crippen molar-refractivity contribution in [3.8, 4) is 0 Å². The highest BCUT2D eigenvalue weighted by atomic mass is 35.6. The number of pyridine rings is 1. The van der Waals surface area contributed by atoms with Crippen LogP contribution in [0.15, 0.2) is 60.8 Å². The van der Waals surface area contributed by atoms with Crippen LogP contribution in [0, 0.1) is 6.92 Å². The number of aromatic nitrogens is 1. The Morgan fingerprint density at radius 3 is 2.48 bits per heavy atom. The fourth-order valence-electron chi connectivity index (χ4n) is 2.73. The predicted molar refractivity (Wildman–Crippen MR) is 124 cm³/mol. The number of alkyl halides is 3. The van der Waals surface area contributed by atoms with Gasteiger partial charge in [-0.1, -0.05) is 71.2 Å². The summed E-state index contributed by atoms with van der Waals surface area (Å²) >= 11 is 23.6. The van der Waals surface area contributed by atoms with Crippen LogP contribution in [0.1, 0.15) is 15.9 Å². The Balaban J connectivity index is 1.76. The Morgan fingerprint density at radius 1 is 1.03 bits per heavy atom. The van der Waals surface area contributed by atoms with Crippen molar-refractivity contribution in [2.45, 2.75) is 16.9 Å². The molecule has 1 aromatic heterocycles. The summed E-state index contributed by atoms with van der Waals surface area (Å²) in [6, 6.07) is 16.6. The molecule has 3 aromatic rings. The van der Waals surface area contributed by atoms with Crippen molar-refractivity contribution in [2.75, 3.05) is 5.32 Å². The molecule has 3 rings (SSSR count). The number of hydrogen-bond donors (Lipinski definition) is 3. The van der Waals surface area contributed by atoms with Gasteiger partial charge < -0.3 is 16.0 Å². The van der Waals surface area contributed by atoms with Gasteiger partial charge in [-0.05, 0) is 42.9 Å². The van der Waals surface area contributed by atoms with Crippen LogP contribution in [-0.2, 0) is 0 Å². The van der Waals surface area contributed by atoms with Gasteiger partial charge in [0.05, 0.1) is 11.2 Å². The van der Waals surface area contributed by atoms with Gasteiger partial charge >= 0.3 is 0 Å². The van der Waals surface area contributed by atoms with Crippen LogP contribution in [0.25, 0.3) is 10.9 Å². The first kappa shape index (κ1) is 21.6. The molecule has 0 bridgehead atoms. The van der Waals surface area contributed by atoms with E-state index >= 15 is 0 Å². The van der Waals surface area contributed by atoms with E-state index in [2.05, 4.69) is 20.9 Å². The number of para-hydroxylation sites is 1. The standard InChI is InChI=1S/C20H17Cl3N4OS/c1-12-6-2-3-9-14(12)17(28)26-18(20(21,22)23)27-19(29)25-15-10-4-7-13-8-5-11-24-16(13)15/h2-11,18H,1H3,(H,26,28)(H2,25,27,29)/t18-/m0/s1. The first-order chi connectivity index (χ1) is 13.8. The zero-order valence-corrected chi connectivity index (χ0v) is 18.3. The third kappa shape index (κ3) is 5.48. The number of halogens is 3. The number of amides is 1. The van der Waals surface area contributed by atoms with Crippen molar-refractivity contribution in [3.63, 3.8) is 0 Å². The summed E-state index contributed by atoms with van der Waals surface area (Å²) in [6.45, 7) is 1.83. The second kappa shape index (κ2) is 9.13. The van der Waals surface area contributed by atoms with Gasteiger partial charge in [0.2, 0.25) is 3.79 Å².